The van der Waals surface area contributed by atoms with Crippen LogP contribution in [0.2, 0.25) is 0 Å². The largest absolute Gasteiger partial charge is 3.00 e. The van der Waals surface area contributed by atoms with E-state index in [2.05, 4.69) is 0 Å². The Balaban J connectivity index is -0.0000000184. The van der Waals surface area contributed by atoms with E-state index in [9.17, 15) is 0 Å². The first-order valence-electron chi connectivity index (χ1n) is 2.72. The van der Waals surface area contributed by atoms with Crippen LogP contribution in [0.3, 0.4) is 0 Å². The molecule has 9 heteroatoms. The molecular weight excluding hydrogens is 340 g/mol. The van der Waals surface area contributed by atoms with E-state index in [1.165, 1.54) is 0 Å². The summed E-state index contributed by atoms with van der Waals surface area (Å²) in [6.07, 6.45) is 0. The maximum atomic E-state index is 8.89. The second kappa shape index (κ2) is 29.2. The van der Waals surface area contributed by atoms with Crippen molar-refractivity contribution >= 4 is 17.9 Å². The van der Waals surface area contributed by atoms with Gasteiger partial charge in [-0.05, 0) is 20.8 Å². The molecule has 0 aliphatic rings. The first kappa shape index (κ1) is 36.4. The minimum atomic E-state index is -1.08. The molecule has 0 aliphatic heterocycles. The Morgan fingerprint density at radius 1 is 0.667 bits per heavy atom. The van der Waals surface area contributed by atoms with Crippen molar-refractivity contribution in [1.82, 2.24) is 0 Å². The van der Waals surface area contributed by atoms with Crippen LogP contribution in [0, 0.1) is 41.7 Å². The molecule has 0 aliphatic carbocycles. The predicted octanol–water partition coefficient (Wildman–Crippen LogP) is -5.38. The van der Waals surface area contributed by atoms with Gasteiger partial charge >= 0.3 is 41.7 Å². The number of carboxylic acids is 3. The van der Waals surface area contributed by atoms with Crippen LogP contribution in [0.4, 0.5) is 0 Å². The van der Waals surface area contributed by atoms with Crippen molar-refractivity contribution in [2.24, 2.45) is 0 Å². The van der Waals surface area contributed by atoms with Gasteiger partial charge in [0.1, 0.15) is 0 Å². The fraction of sp³-hybridized carbons (Fsp3) is 0.500. The zero-order valence-electron chi connectivity index (χ0n) is 8.45. The van der Waals surface area contributed by atoms with Crippen LogP contribution in [-0.4, -0.2) is 28.9 Å². The van der Waals surface area contributed by atoms with E-state index in [1.54, 1.807) is 0 Å². The molecule has 0 aromatic rings. The third-order valence-electron chi connectivity index (χ3n) is 0. The Labute approximate surface area is 120 Å². The molecule has 0 aromatic heterocycles. The Kier molecular flexibility index (Phi) is 70.9. The summed E-state index contributed by atoms with van der Waals surface area (Å²) in [5.41, 5.74) is 0. The average Bonchev–Trinajstić information content (AvgIpc) is 1.54. The number of carboxylic acid groups (broad SMARTS) is 3. The topological polar surface area (TPSA) is 183 Å². The summed E-state index contributed by atoms with van der Waals surface area (Å²) in [5, 5.41) is 26.7. The molecule has 0 rings (SSSR count). The summed E-state index contributed by atoms with van der Waals surface area (Å²) < 4.78 is 0. The van der Waals surface area contributed by atoms with Crippen molar-refractivity contribution in [2.75, 3.05) is 0 Å². The van der Waals surface area contributed by atoms with E-state index in [-0.39, 0.29) is 52.7 Å². The Bertz CT molecular complexity index is 117. The van der Waals surface area contributed by atoms with Gasteiger partial charge in [0.2, 0.25) is 0 Å². The number of hydrogen-bond acceptors (Lipinski definition) is 6. The van der Waals surface area contributed by atoms with Crippen molar-refractivity contribution in [3.05, 3.63) is 0 Å². The monoisotopic (exact) mass is 353 g/mol. The van der Waals surface area contributed by atoms with Crippen LogP contribution in [0.25, 0.3) is 0 Å². The van der Waals surface area contributed by atoms with Crippen LogP contribution in [0.1, 0.15) is 20.8 Å². The van der Waals surface area contributed by atoms with Gasteiger partial charge < -0.3 is 40.7 Å². The Morgan fingerprint density at radius 2 is 0.667 bits per heavy atom. The summed E-state index contributed by atoms with van der Waals surface area (Å²) >= 11 is 0. The van der Waals surface area contributed by atoms with Crippen molar-refractivity contribution < 1.29 is 82.4 Å². The van der Waals surface area contributed by atoms with Gasteiger partial charge in [0.15, 0.2) is 0 Å². The Morgan fingerprint density at radius 3 is 0.667 bits per heavy atom. The van der Waals surface area contributed by atoms with Gasteiger partial charge in [-0.1, -0.05) is 0 Å². The maximum Gasteiger partial charge on any atom is 3.00 e. The van der Waals surface area contributed by atoms with Gasteiger partial charge in [0, 0.05) is 17.9 Å². The smallest absolute Gasteiger partial charge is 0.550 e. The summed E-state index contributed by atoms with van der Waals surface area (Å²) in [6, 6.07) is 0. The van der Waals surface area contributed by atoms with Gasteiger partial charge in [-0.2, -0.15) is 0 Å². The van der Waals surface area contributed by atoms with Crippen LogP contribution < -0.4 is 15.3 Å². The van der Waals surface area contributed by atoms with E-state index in [0.717, 1.165) is 20.8 Å². The van der Waals surface area contributed by atoms with Gasteiger partial charge in [-0.15, -0.1) is 0 Å². The molecule has 0 aromatic carbocycles. The first-order chi connectivity index (χ1) is 5.20. The Hall–Kier alpha value is -0.293. The van der Waals surface area contributed by atoms with Crippen molar-refractivity contribution in [2.45, 2.75) is 20.8 Å². The molecule has 0 bridgehead atoms. The molecular formula is C6H13CeO8. The number of carbonyl (C=O) groups is 3. The van der Waals surface area contributed by atoms with Crippen molar-refractivity contribution in [1.29, 1.82) is 0 Å². The minimum absolute atomic E-state index is 0. The molecule has 0 atom stereocenters. The molecule has 0 amide bonds. The van der Waals surface area contributed by atoms with E-state index < -0.39 is 17.9 Å². The molecule has 0 spiro atoms. The summed E-state index contributed by atoms with van der Waals surface area (Å²) in [4.78, 5) is 26.7. The van der Waals surface area contributed by atoms with Crippen LogP contribution in [-0.2, 0) is 14.4 Å². The normalized spacial score (nSPS) is 5.00. The summed E-state index contributed by atoms with van der Waals surface area (Å²) in [5.74, 6) is -3.25. The third-order valence-corrected chi connectivity index (χ3v) is 0. The van der Waals surface area contributed by atoms with Gasteiger partial charge in [-0.3, -0.25) is 0 Å². The molecule has 0 unspecified atom stereocenters. The molecule has 0 fully saturated rings. The van der Waals surface area contributed by atoms with Crippen LogP contribution in [0.5, 0.6) is 0 Å². The van der Waals surface area contributed by atoms with E-state index in [1.807, 2.05) is 0 Å². The predicted molar refractivity (Wildman–Crippen MR) is 39.3 cm³/mol. The zero-order valence-corrected chi connectivity index (χ0v) is 11.6. The molecule has 0 heterocycles. The van der Waals surface area contributed by atoms with E-state index in [4.69, 9.17) is 29.7 Å². The SMILES string of the molecule is CC(=O)[O-].CC(=O)[O-].CC(=O)[O-].O.O.[Ce+3]. The van der Waals surface area contributed by atoms with Gasteiger partial charge in [-0.25, -0.2) is 0 Å². The standard InChI is InChI=1S/3C2H4O2.Ce.2H2O/c3*1-2(3)4;;;/h3*1H3,(H,3,4);;2*1H2/q;;;+3;;/p-3. The number of aliphatic carboxylic acids is 3. The van der Waals surface area contributed by atoms with Gasteiger partial charge in [0.25, 0.3) is 0 Å². The molecule has 4 N–H and O–H groups in total. The van der Waals surface area contributed by atoms with Crippen molar-refractivity contribution in [3.8, 4) is 0 Å². The number of hydrogen-bond donors (Lipinski definition) is 0. The minimum Gasteiger partial charge on any atom is -0.550 e. The van der Waals surface area contributed by atoms with E-state index in [0.29, 0.717) is 0 Å². The molecule has 1 radical (unpaired) electrons. The zero-order chi connectivity index (χ0) is 10.7. The fourth-order valence-electron chi connectivity index (χ4n) is 0. The molecule has 15 heavy (non-hydrogen) atoms. The summed E-state index contributed by atoms with van der Waals surface area (Å²) in [7, 11) is 0. The average molecular weight is 353 g/mol. The molecule has 8 nitrogen and oxygen atoms in total. The molecule has 0 saturated heterocycles. The van der Waals surface area contributed by atoms with Crippen LogP contribution >= 0.6 is 0 Å². The van der Waals surface area contributed by atoms with Crippen molar-refractivity contribution in [3.63, 3.8) is 0 Å². The molecule has 0 saturated carbocycles. The fourth-order valence-corrected chi connectivity index (χ4v) is 0. The van der Waals surface area contributed by atoms with Gasteiger partial charge in [0.05, 0.1) is 0 Å². The second-order valence-electron chi connectivity index (χ2n) is 1.47. The number of carbonyl (C=O) groups excluding carboxylic acids is 3. The number of rotatable bonds is 0. The molecule has 89 valence electrons. The maximum absolute atomic E-state index is 8.89. The van der Waals surface area contributed by atoms with Crippen LogP contribution in [0.15, 0.2) is 0 Å². The third kappa shape index (κ3) is 21800. The quantitative estimate of drug-likeness (QED) is 0.418. The van der Waals surface area contributed by atoms with E-state index >= 15 is 0 Å². The summed E-state index contributed by atoms with van der Waals surface area (Å²) in [6.45, 7) is 2.92. The first-order valence-corrected chi connectivity index (χ1v) is 2.72. The second-order valence-corrected chi connectivity index (χ2v) is 1.47.